The number of carbonyl (C=O) groups is 1. The second-order valence-corrected chi connectivity index (χ2v) is 6.84. The number of rotatable bonds is 6. The van der Waals surface area contributed by atoms with Crippen LogP contribution in [0.2, 0.25) is 0 Å². The summed E-state index contributed by atoms with van der Waals surface area (Å²) < 4.78 is 11.1. The molecule has 4 rings (SSSR count). The number of hydrogen-bond acceptors (Lipinski definition) is 5. The van der Waals surface area contributed by atoms with Gasteiger partial charge in [-0.2, -0.15) is 0 Å². The zero-order valence-corrected chi connectivity index (χ0v) is 16.4. The van der Waals surface area contributed by atoms with E-state index in [1.54, 1.807) is 31.5 Å². The summed E-state index contributed by atoms with van der Waals surface area (Å²) in [5.41, 5.74) is 2.63. The number of benzene rings is 2. The van der Waals surface area contributed by atoms with Crippen molar-refractivity contribution in [1.82, 2.24) is 10.3 Å². The van der Waals surface area contributed by atoms with E-state index in [1.807, 2.05) is 48.5 Å². The molecule has 2 heterocycles. The smallest absolute Gasteiger partial charge is 0.336 e. The first-order valence-electron chi connectivity index (χ1n) is 9.57. The van der Waals surface area contributed by atoms with Gasteiger partial charge in [0.05, 0.1) is 0 Å². The molecule has 0 aliphatic rings. The fourth-order valence-corrected chi connectivity index (χ4v) is 3.16. The van der Waals surface area contributed by atoms with Gasteiger partial charge in [0, 0.05) is 36.5 Å². The Balaban J connectivity index is 1.52. The third-order valence-corrected chi connectivity index (χ3v) is 4.70. The van der Waals surface area contributed by atoms with Gasteiger partial charge in [0.15, 0.2) is 6.10 Å². The predicted octanol–water partition coefficient (Wildman–Crippen LogP) is 3.94. The minimum absolute atomic E-state index is 0.244. The third-order valence-electron chi connectivity index (χ3n) is 4.70. The lowest BCUT2D eigenvalue weighted by Gasteiger charge is -2.15. The Kier molecular flexibility index (Phi) is 5.57. The lowest BCUT2D eigenvalue weighted by molar-refractivity contribution is -0.127. The summed E-state index contributed by atoms with van der Waals surface area (Å²) in [4.78, 5) is 28.4. The highest BCUT2D eigenvalue weighted by Crippen LogP contribution is 2.29. The maximum absolute atomic E-state index is 12.4. The van der Waals surface area contributed by atoms with Crippen LogP contribution in [0.5, 0.6) is 5.75 Å². The van der Waals surface area contributed by atoms with Crippen molar-refractivity contribution in [2.75, 3.05) is 0 Å². The van der Waals surface area contributed by atoms with Gasteiger partial charge in [-0.05, 0) is 47.9 Å². The molecule has 1 unspecified atom stereocenters. The molecule has 0 saturated carbocycles. The summed E-state index contributed by atoms with van der Waals surface area (Å²) in [6.07, 6.45) is 2.63. The summed E-state index contributed by atoms with van der Waals surface area (Å²) >= 11 is 0. The number of nitrogens with one attached hydrogen (secondary N) is 1. The Bertz CT molecular complexity index is 1220. The maximum Gasteiger partial charge on any atom is 0.336 e. The molecule has 0 fully saturated rings. The summed E-state index contributed by atoms with van der Waals surface area (Å²) in [7, 11) is 0. The van der Waals surface area contributed by atoms with Gasteiger partial charge < -0.3 is 14.5 Å². The Morgan fingerprint density at radius 2 is 1.83 bits per heavy atom. The van der Waals surface area contributed by atoms with Crippen molar-refractivity contribution >= 4 is 16.9 Å². The highest BCUT2D eigenvalue weighted by Gasteiger charge is 2.16. The Morgan fingerprint density at radius 3 is 2.60 bits per heavy atom. The average Bonchev–Trinajstić information content (AvgIpc) is 2.78. The summed E-state index contributed by atoms with van der Waals surface area (Å²) in [6.45, 7) is 2.06. The fraction of sp³-hybridized carbons (Fsp3) is 0.125. The van der Waals surface area contributed by atoms with Crippen LogP contribution in [0.1, 0.15) is 12.5 Å². The van der Waals surface area contributed by atoms with Crippen molar-refractivity contribution in [2.24, 2.45) is 0 Å². The van der Waals surface area contributed by atoms with Gasteiger partial charge in [-0.25, -0.2) is 4.79 Å². The topological polar surface area (TPSA) is 81.4 Å². The highest BCUT2D eigenvalue weighted by atomic mass is 16.5. The molecule has 0 bridgehead atoms. The Morgan fingerprint density at radius 1 is 1.07 bits per heavy atom. The first-order chi connectivity index (χ1) is 14.6. The second-order valence-electron chi connectivity index (χ2n) is 6.84. The first kappa shape index (κ1) is 19.4. The molecule has 0 spiro atoms. The average molecular weight is 400 g/mol. The van der Waals surface area contributed by atoms with Crippen molar-refractivity contribution in [1.29, 1.82) is 0 Å². The van der Waals surface area contributed by atoms with Crippen LogP contribution in [0.4, 0.5) is 0 Å². The van der Waals surface area contributed by atoms with Crippen LogP contribution in [-0.4, -0.2) is 17.0 Å². The number of hydrogen-bond donors (Lipinski definition) is 1. The largest absolute Gasteiger partial charge is 0.481 e. The number of carbonyl (C=O) groups excluding carboxylic acids is 1. The molecule has 6 heteroatoms. The van der Waals surface area contributed by atoms with Crippen LogP contribution in [0.25, 0.3) is 22.1 Å². The van der Waals surface area contributed by atoms with Crippen molar-refractivity contribution in [2.45, 2.75) is 19.6 Å². The molecule has 6 nitrogen and oxygen atoms in total. The van der Waals surface area contributed by atoms with Crippen molar-refractivity contribution in [3.63, 3.8) is 0 Å². The maximum atomic E-state index is 12.4. The zero-order chi connectivity index (χ0) is 20.9. The fourth-order valence-electron chi connectivity index (χ4n) is 3.16. The van der Waals surface area contributed by atoms with Gasteiger partial charge in [0.25, 0.3) is 5.91 Å². The highest BCUT2D eigenvalue weighted by molar-refractivity contribution is 5.93. The molecule has 1 N–H and O–H groups in total. The number of amides is 1. The molecule has 0 saturated heterocycles. The van der Waals surface area contributed by atoms with Crippen LogP contribution in [0.15, 0.2) is 88.3 Å². The van der Waals surface area contributed by atoms with Crippen molar-refractivity contribution in [3.05, 3.63) is 95.1 Å². The number of pyridine rings is 1. The molecule has 150 valence electrons. The van der Waals surface area contributed by atoms with E-state index in [9.17, 15) is 9.59 Å². The quantitative estimate of drug-likeness (QED) is 0.496. The van der Waals surface area contributed by atoms with Gasteiger partial charge >= 0.3 is 5.63 Å². The van der Waals surface area contributed by atoms with Gasteiger partial charge in [-0.3, -0.25) is 9.78 Å². The molecule has 2 aromatic carbocycles. The molecule has 4 aromatic rings. The van der Waals surface area contributed by atoms with Gasteiger partial charge in [0.2, 0.25) is 0 Å². The SMILES string of the molecule is CC(Oc1ccc2c(-c3ccccc3)cc(=O)oc2c1)C(=O)NCc1ccncc1. The van der Waals surface area contributed by atoms with E-state index >= 15 is 0 Å². The Labute approximate surface area is 173 Å². The molecular formula is C24H20N2O4. The van der Waals surface area contributed by atoms with E-state index < -0.39 is 11.7 Å². The van der Waals surface area contributed by atoms with Gasteiger partial charge in [0.1, 0.15) is 11.3 Å². The standard InChI is InChI=1S/C24H20N2O4/c1-16(24(28)26-15-17-9-11-25-12-10-17)29-19-7-8-20-21(18-5-3-2-4-6-18)14-23(27)30-22(20)13-19/h2-14,16H,15H2,1H3,(H,26,28). The van der Waals surface area contributed by atoms with E-state index in [2.05, 4.69) is 10.3 Å². The van der Waals surface area contributed by atoms with E-state index in [-0.39, 0.29) is 5.91 Å². The number of ether oxygens (including phenoxy) is 1. The van der Waals surface area contributed by atoms with Crippen molar-refractivity contribution < 1.29 is 13.9 Å². The van der Waals surface area contributed by atoms with E-state index in [0.717, 1.165) is 22.1 Å². The van der Waals surface area contributed by atoms with Gasteiger partial charge in [-0.1, -0.05) is 30.3 Å². The normalized spacial score (nSPS) is 11.8. The minimum atomic E-state index is -0.715. The zero-order valence-electron chi connectivity index (χ0n) is 16.4. The van der Waals surface area contributed by atoms with E-state index in [1.165, 1.54) is 6.07 Å². The minimum Gasteiger partial charge on any atom is -0.481 e. The molecule has 1 atom stereocenters. The lowest BCUT2D eigenvalue weighted by atomic mass is 10.0. The van der Waals surface area contributed by atoms with Crippen LogP contribution < -0.4 is 15.7 Å². The number of fused-ring (bicyclic) bond motifs is 1. The Hall–Kier alpha value is -3.93. The van der Waals surface area contributed by atoms with Crippen LogP contribution in [0, 0.1) is 0 Å². The predicted molar refractivity (Wildman–Crippen MR) is 114 cm³/mol. The third kappa shape index (κ3) is 4.38. The summed E-state index contributed by atoms with van der Waals surface area (Å²) in [5.74, 6) is 0.203. The number of aromatic nitrogens is 1. The molecule has 0 aliphatic carbocycles. The molecule has 0 aliphatic heterocycles. The number of nitrogens with zero attached hydrogens (tertiary/aromatic N) is 1. The van der Waals surface area contributed by atoms with E-state index in [0.29, 0.717) is 17.9 Å². The molecule has 1 amide bonds. The lowest BCUT2D eigenvalue weighted by Crippen LogP contribution is -2.35. The van der Waals surface area contributed by atoms with Crippen molar-refractivity contribution in [3.8, 4) is 16.9 Å². The molecule has 0 radical (unpaired) electrons. The van der Waals surface area contributed by atoms with Gasteiger partial charge in [-0.15, -0.1) is 0 Å². The summed E-state index contributed by atoms with van der Waals surface area (Å²) in [5, 5.41) is 3.63. The van der Waals surface area contributed by atoms with Crippen LogP contribution in [0.3, 0.4) is 0 Å². The van der Waals surface area contributed by atoms with E-state index in [4.69, 9.17) is 9.15 Å². The molecule has 30 heavy (non-hydrogen) atoms. The second kappa shape index (κ2) is 8.61. The molecule has 2 aromatic heterocycles. The summed E-state index contributed by atoms with van der Waals surface area (Å²) in [6, 6.07) is 20.0. The molecular weight excluding hydrogens is 380 g/mol. The first-order valence-corrected chi connectivity index (χ1v) is 9.57. The van der Waals surface area contributed by atoms with Crippen LogP contribution >= 0.6 is 0 Å². The monoisotopic (exact) mass is 400 g/mol. The van der Waals surface area contributed by atoms with Crippen LogP contribution in [-0.2, 0) is 11.3 Å².